The summed E-state index contributed by atoms with van der Waals surface area (Å²) in [6.45, 7) is 4.27. The Labute approximate surface area is 182 Å². The normalized spacial score (nSPS) is 11.6. The molecule has 1 aromatic heterocycles. The molecule has 0 radical (unpaired) electrons. The Morgan fingerprint density at radius 1 is 0.933 bits per heavy atom. The molecule has 0 atom stereocenters. The van der Waals surface area contributed by atoms with Crippen molar-refractivity contribution in [2.24, 2.45) is 4.99 Å². The van der Waals surface area contributed by atoms with E-state index in [1.165, 1.54) is 11.3 Å². The zero-order valence-corrected chi connectivity index (χ0v) is 17.5. The van der Waals surface area contributed by atoms with Gasteiger partial charge >= 0.3 is 0 Å². The number of halogens is 1. The van der Waals surface area contributed by atoms with Gasteiger partial charge in [-0.3, -0.25) is 9.59 Å². The Balaban J connectivity index is 1.68. The maximum absolute atomic E-state index is 12.8. The average Bonchev–Trinajstić information content (AvgIpc) is 3.12. The summed E-state index contributed by atoms with van der Waals surface area (Å²) in [7, 11) is 0. The number of rotatable bonds is 5. The highest BCUT2D eigenvalue weighted by Gasteiger charge is 2.13. The van der Waals surface area contributed by atoms with Crippen LogP contribution < -0.4 is 4.80 Å². The molecule has 0 saturated heterocycles. The van der Waals surface area contributed by atoms with E-state index in [1.54, 1.807) is 42.5 Å². The summed E-state index contributed by atoms with van der Waals surface area (Å²) in [6.07, 6.45) is 1.74. The van der Waals surface area contributed by atoms with Crippen molar-refractivity contribution in [2.45, 2.75) is 6.54 Å². The molecule has 6 heteroatoms. The number of hydrogen-bond acceptors (Lipinski definition) is 3. The Morgan fingerprint density at radius 2 is 1.60 bits per heavy atom. The van der Waals surface area contributed by atoms with E-state index in [0.29, 0.717) is 33.1 Å². The number of amides is 1. The molecule has 0 unspecified atom stereocenters. The second kappa shape index (κ2) is 8.61. The van der Waals surface area contributed by atoms with Gasteiger partial charge in [0.25, 0.3) is 5.91 Å². The third kappa shape index (κ3) is 3.90. The van der Waals surface area contributed by atoms with E-state index in [2.05, 4.69) is 11.6 Å². The third-order valence-corrected chi connectivity index (χ3v) is 5.94. The number of carbonyl (C=O) groups excluding carboxylic acids is 2. The number of para-hydroxylation sites is 1. The molecule has 0 aliphatic rings. The topological polar surface area (TPSA) is 51.4 Å². The van der Waals surface area contributed by atoms with Crippen molar-refractivity contribution in [3.63, 3.8) is 0 Å². The summed E-state index contributed by atoms with van der Waals surface area (Å²) in [4.78, 5) is 30.2. The number of benzene rings is 3. The monoisotopic (exact) mass is 432 g/mol. The molecule has 4 rings (SSSR count). The van der Waals surface area contributed by atoms with E-state index in [9.17, 15) is 9.59 Å². The lowest BCUT2D eigenvalue weighted by Crippen LogP contribution is -2.16. The van der Waals surface area contributed by atoms with Crippen LogP contribution in [0.4, 0.5) is 0 Å². The van der Waals surface area contributed by atoms with Crippen molar-refractivity contribution in [3.05, 3.63) is 112 Å². The number of aromatic nitrogens is 1. The minimum atomic E-state index is -0.380. The lowest BCUT2D eigenvalue weighted by atomic mass is 10.0. The number of allylic oxidation sites excluding steroid dienone is 1. The van der Waals surface area contributed by atoms with Crippen LogP contribution in [0.25, 0.3) is 10.2 Å². The lowest BCUT2D eigenvalue weighted by Gasteiger charge is -2.03. The van der Waals surface area contributed by atoms with Gasteiger partial charge in [-0.25, -0.2) is 0 Å². The van der Waals surface area contributed by atoms with Gasteiger partial charge in [-0.05, 0) is 24.3 Å². The molecule has 30 heavy (non-hydrogen) atoms. The van der Waals surface area contributed by atoms with E-state index in [1.807, 2.05) is 41.0 Å². The van der Waals surface area contributed by atoms with Crippen LogP contribution in [-0.4, -0.2) is 16.3 Å². The van der Waals surface area contributed by atoms with Crippen LogP contribution in [0.5, 0.6) is 0 Å². The Hall–Kier alpha value is -3.28. The van der Waals surface area contributed by atoms with E-state index in [0.717, 1.165) is 10.2 Å². The van der Waals surface area contributed by atoms with Crippen LogP contribution in [-0.2, 0) is 6.54 Å². The number of carbonyl (C=O) groups is 2. The maximum Gasteiger partial charge on any atom is 0.279 e. The molecule has 1 heterocycles. The molecule has 0 aliphatic heterocycles. The standard InChI is InChI=1S/C24H17ClN2O2S/c1-2-15-27-21-19(25)9-6-10-20(21)30-24(27)26-23(29)18-13-11-17(12-14-18)22(28)16-7-4-3-5-8-16/h2-14H,1,15H2. The number of thiazole rings is 1. The van der Waals surface area contributed by atoms with Crippen LogP contribution in [0.15, 0.2) is 90.4 Å². The maximum atomic E-state index is 12.8. The van der Waals surface area contributed by atoms with Crippen molar-refractivity contribution in [3.8, 4) is 0 Å². The molecule has 0 saturated carbocycles. The smallest absolute Gasteiger partial charge is 0.279 e. The summed E-state index contributed by atoms with van der Waals surface area (Å²) >= 11 is 7.75. The lowest BCUT2D eigenvalue weighted by molar-refractivity contribution is 0.0994. The molecule has 4 aromatic rings. The van der Waals surface area contributed by atoms with Gasteiger partial charge in [-0.15, -0.1) is 6.58 Å². The summed E-state index contributed by atoms with van der Waals surface area (Å²) < 4.78 is 2.82. The highest BCUT2D eigenvalue weighted by molar-refractivity contribution is 7.16. The van der Waals surface area contributed by atoms with Gasteiger partial charge in [0.2, 0.25) is 0 Å². The van der Waals surface area contributed by atoms with E-state index >= 15 is 0 Å². The molecule has 3 aromatic carbocycles. The van der Waals surface area contributed by atoms with Crippen LogP contribution in [0.2, 0.25) is 5.02 Å². The molecule has 0 bridgehead atoms. The number of nitrogens with zero attached hydrogens (tertiary/aromatic N) is 2. The minimum Gasteiger partial charge on any atom is -0.311 e. The third-order valence-electron chi connectivity index (χ3n) is 4.59. The molecule has 0 aliphatic carbocycles. The zero-order chi connectivity index (χ0) is 21.1. The Morgan fingerprint density at radius 3 is 2.30 bits per heavy atom. The molecule has 148 valence electrons. The largest absolute Gasteiger partial charge is 0.311 e. The van der Waals surface area contributed by atoms with Crippen molar-refractivity contribution in [1.29, 1.82) is 0 Å². The van der Waals surface area contributed by atoms with E-state index in [-0.39, 0.29) is 11.7 Å². The van der Waals surface area contributed by atoms with E-state index < -0.39 is 0 Å². The van der Waals surface area contributed by atoms with Crippen molar-refractivity contribution in [1.82, 2.24) is 4.57 Å². The van der Waals surface area contributed by atoms with Gasteiger partial charge in [0.15, 0.2) is 10.6 Å². The number of fused-ring (bicyclic) bond motifs is 1. The van der Waals surface area contributed by atoms with Crippen LogP contribution >= 0.6 is 22.9 Å². The van der Waals surface area contributed by atoms with Gasteiger partial charge in [0.05, 0.1) is 15.2 Å². The molecular formula is C24H17ClN2O2S. The first-order valence-corrected chi connectivity index (χ1v) is 10.5. The minimum absolute atomic E-state index is 0.0884. The summed E-state index contributed by atoms with van der Waals surface area (Å²) in [5.41, 5.74) is 2.37. The fraction of sp³-hybridized carbons (Fsp3) is 0.0417. The second-order valence-electron chi connectivity index (χ2n) is 6.56. The molecule has 4 nitrogen and oxygen atoms in total. The predicted octanol–water partition coefficient (Wildman–Crippen LogP) is 5.51. The van der Waals surface area contributed by atoms with Gasteiger partial charge in [-0.2, -0.15) is 4.99 Å². The number of hydrogen-bond donors (Lipinski definition) is 0. The van der Waals surface area contributed by atoms with Gasteiger partial charge in [-0.1, -0.05) is 77.5 Å². The van der Waals surface area contributed by atoms with Gasteiger partial charge < -0.3 is 4.57 Å². The van der Waals surface area contributed by atoms with Crippen LogP contribution in [0.1, 0.15) is 26.3 Å². The summed E-state index contributed by atoms with van der Waals surface area (Å²) in [6, 6.07) is 21.2. The average molecular weight is 433 g/mol. The van der Waals surface area contributed by atoms with Crippen molar-refractivity contribution in [2.75, 3.05) is 0 Å². The first-order valence-electron chi connectivity index (χ1n) is 9.26. The second-order valence-corrected chi connectivity index (χ2v) is 7.98. The zero-order valence-electron chi connectivity index (χ0n) is 15.9. The SMILES string of the molecule is C=CCn1c(=NC(=O)c2ccc(C(=O)c3ccccc3)cc2)sc2cccc(Cl)c21. The van der Waals surface area contributed by atoms with E-state index in [4.69, 9.17) is 11.6 Å². The molecule has 0 spiro atoms. The molecule has 1 amide bonds. The van der Waals surface area contributed by atoms with Crippen molar-refractivity contribution < 1.29 is 9.59 Å². The fourth-order valence-corrected chi connectivity index (χ4v) is 4.54. The highest BCUT2D eigenvalue weighted by atomic mass is 35.5. The Bertz CT molecular complexity index is 1320. The quantitative estimate of drug-likeness (QED) is 0.308. The van der Waals surface area contributed by atoms with Crippen LogP contribution in [0.3, 0.4) is 0 Å². The fourth-order valence-electron chi connectivity index (χ4n) is 3.14. The Kier molecular flexibility index (Phi) is 5.74. The van der Waals surface area contributed by atoms with Crippen molar-refractivity contribution >= 4 is 44.8 Å². The first kappa shape index (κ1) is 20.0. The molecular weight excluding hydrogens is 416 g/mol. The summed E-state index contributed by atoms with van der Waals surface area (Å²) in [5, 5.41) is 0.600. The summed E-state index contributed by atoms with van der Waals surface area (Å²) in [5.74, 6) is -0.469. The van der Waals surface area contributed by atoms with Crippen LogP contribution in [0, 0.1) is 0 Å². The van der Waals surface area contributed by atoms with Gasteiger partial charge in [0.1, 0.15) is 0 Å². The first-order chi connectivity index (χ1) is 14.6. The molecule has 0 fully saturated rings. The predicted molar refractivity (Wildman–Crippen MR) is 121 cm³/mol. The number of ketones is 1. The highest BCUT2D eigenvalue weighted by Crippen LogP contribution is 2.25. The molecule has 0 N–H and O–H groups in total. The van der Waals surface area contributed by atoms with Gasteiger partial charge in [0, 0.05) is 23.2 Å².